The number of benzene rings is 2. The number of primary amides is 1. The lowest BCUT2D eigenvalue weighted by atomic mass is 10.2. The molecule has 1 amide bonds. The van der Waals surface area contributed by atoms with Crippen LogP contribution in [0.15, 0.2) is 47.9 Å². The van der Waals surface area contributed by atoms with Crippen LogP contribution in [0.2, 0.25) is 15.1 Å². The molecule has 0 spiro atoms. The number of carbonyl (C=O) groups excluding carboxylic acids is 1. The standard InChI is InChI=1S/C8H7ClO3S.C7H5Cl2NO/c9-8-4-2-1-3-7(8)5-6-13(10,11)12;8-4-1-2-5(7(10)11)6(9)3-4/h1-6H,(H,10,11,12);1-3H,(H2,10,11)/b6-5+;. The minimum atomic E-state index is -4.08. The van der Waals surface area contributed by atoms with Crippen LogP contribution in [0.5, 0.6) is 0 Å². The van der Waals surface area contributed by atoms with Crippen molar-refractivity contribution in [1.82, 2.24) is 0 Å². The first-order chi connectivity index (χ1) is 11.1. The van der Waals surface area contributed by atoms with Gasteiger partial charge in [0, 0.05) is 10.0 Å². The highest BCUT2D eigenvalue weighted by Gasteiger charge is 2.05. The Kier molecular flexibility index (Phi) is 7.72. The SMILES string of the molecule is NC(=O)c1ccc(Cl)cc1Cl.O=S(=O)(O)/C=C/c1ccccc1Cl. The summed E-state index contributed by atoms with van der Waals surface area (Å²) in [6, 6.07) is 11.3. The van der Waals surface area contributed by atoms with Crippen molar-refractivity contribution in [3.05, 3.63) is 74.1 Å². The Morgan fingerprint density at radius 1 is 1.04 bits per heavy atom. The Balaban J connectivity index is 0.000000243. The number of carbonyl (C=O) groups is 1. The molecule has 0 aliphatic rings. The lowest BCUT2D eigenvalue weighted by molar-refractivity contribution is 0.100. The molecule has 0 bridgehead atoms. The van der Waals surface area contributed by atoms with Gasteiger partial charge in [-0.1, -0.05) is 53.0 Å². The highest BCUT2D eigenvalue weighted by molar-refractivity contribution is 7.88. The smallest absolute Gasteiger partial charge is 0.287 e. The molecule has 0 heterocycles. The Bertz CT molecular complexity index is 867. The highest BCUT2D eigenvalue weighted by atomic mass is 35.5. The van der Waals surface area contributed by atoms with Gasteiger partial charge in [0.05, 0.1) is 16.0 Å². The number of rotatable bonds is 3. The monoisotopic (exact) mass is 407 g/mol. The van der Waals surface area contributed by atoms with Crippen molar-refractivity contribution in [3.8, 4) is 0 Å². The summed E-state index contributed by atoms with van der Waals surface area (Å²) in [5.74, 6) is -0.549. The summed E-state index contributed by atoms with van der Waals surface area (Å²) < 4.78 is 29.1. The van der Waals surface area contributed by atoms with Gasteiger partial charge in [-0.25, -0.2) is 0 Å². The van der Waals surface area contributed by atoms with E-state index in [2.05, 4.69) is 0 Å². The molecule has 2 rings (SSSR count). The third-order valence-corrected chi connectivity index (χ3v) is 3.89. The molecule has 24 heavy (non-hydrogen) atoms. The molecule has 2 aromatic rings. The van der Waals surface area contributed by atoms with E-state index in [-0.39, 0.29) is 10.6 Å². The van der Waals surface area contributed by atoms with Crippen molar-refractivity contribution < 1.29 is 17.8 Å². The van der Waals surface area contributed by atoms with Gasteiger partial charge >= 0.3 is 0 Å². The zero-order valence-electron chi connectivity index (χ0n) is 12.0. The second kappa shape index (κ2) is 9.05. The summed E-state index contributed by atoms with van der Waals surface area (Å²) >= 11 is 16.9. The fourth-order valence-corrected chi connectivity index (χ4v) is 2.48. The molecule has 0 saturated carbocycles. The average Bonchev–Trinajstić information content (AvgIpc) is 2.45. The van der Waals surface area contributed by atoms with Crippen molar-refractivity contribution in [2.75, 3.05) is 0 Å². The molecule has 3 N–H and O–H groups in total. The number of hydrogen-bond acceptors (Lipinski definition) is 3. The molecule has 0 aliphatic carbocycles. The van der Waals surface area contributed by atoms with Gasteiger partial charge in [0.1, 0.15) is 0 Å². The first-order valence-corrected chi connectivity index (χ1v) is 8.89. The normalized spacial score (nSPS) is 11.0. The third kappa shape index (κ3) is 7.33. The predicted octanol–water partition coefficient (Wildman–Crippen LogP) is 4.29. The van der Waals surface area contributed by atoms with Crippen LogP contribution in [0.25, 0.3) is 6.08 Å². The predicted molar refractivity (Wildman–Crippen MR) is 97.0 cm³/mol. The number of amides is 1. The molecule has 0 aliphatic heterocycles. The van der Waals surface area contributed by atoms with Crippen LogP contribution in [0.3, 0.4) is 0 Å². The van der Waals surface area contributed by atoms with Gasteiger partial charge in [0.2, 0.25) is 5.91 Å². The van der Waals surface area contributed by atoms with Crippen molar-refractivity contribution in [3.63, 3.8) is 0 Å². The van der Waals surface area contributed by atoms with Crippen LogP contribution in [0.4, 0.5) is 0 Å². The Morgan fingerprint density at radius 3 is 2.17 bits per heavy atom. The Labute approximate surface area is 154 Å². The van der Waals surface area contributed by atoms with E-state index in [1.165, 1.54) is 18.2 Å². The topological polar surface area (TPSA) is 97.5 Å². The summed E-state index contributed by atoms with van der Waals surface area (Å²) in [5.41, 5.74) is 5.83. The van der Waals surface area contributed by atoms with E-state index in [0.717, 1.165) is 0 Å². The lowest BCUT2D eigenvalue weighted by Gasteiger charge is -1.97. The zero-order chi connectivity index (χ0) is 18.3. The quantitative estimate of drug-likeness (QED) is 0.740. The first kappa shape index (κ1) is 20.5. The largest absolute Gasteiger partial charge is 0.366 e. The van der Waals surface area contributed by atoms with Crippen LogP contribution in [0, 0.1) is 0 Å². The van der Waals surface area contributed by atoms with Gasteiger partial charge in [-0.15, -0.1) is 0 Å². The second-order valence-corrected chi connectivity index (χ2v) is 6.88. The summed E-state index contributed by atoms with van der Waals surface area (Å²) in [5, 5.41) is 1.89. The molecule has 128 valence electrons. The van der Waals surface area contributed by atoms with E-state index >= 15 is 0 Å². The zero-order valence-corrected chi connectivity index (χ0v) is 15.1. The first-order valence-electron chi connectivity index (χ1n) is 6.25. The molecule has 0 fully saturated rings. The molecular formula is C15H12Cl3NO4S. The van der Waals surface area contributed by atoms with Crippen LogP contribution in [-0.4, -0.2) is 18.9 Å². The van der Waals surface area contributed by atoms with E-state index in [1.54, 1.807) is 30.3 Å². The van der Waals surface area contributed by atoms with E-state index in [1.807, 2.05) is 0 Å². The maximum absolute atomic E-state index is 10.6. The van der Waals surface area contributed by atoms with Crippen molar-refractivity contribution in [1.29, 1.82) is 0 Å². The molecule has 0 atom stereocenters. The minimum Gasteiger partial charge on any atom is -0.366 e. The Morgan fingerprint density at radius 2 is 1.67 bits per heavy atom. The fourth-order valence-electron chi connectivity index (χ4n) is 1.46. The molecule has 9 heteroatoms. The molecule has 0 saturated heterocycles. The van der Waals surface area contributed by atoms with Crippen LogP contribution < -0.4 is 5.73 Å². The number of nitrogens with two attached hydrogens (primary N) is 1. The van der Waals surface area contributed by atoms with Gasteiger partial charge in [-0.2, -0.15) is 8.42 Å². The van der Waals surface area contributed by atoms with Gasteiger partial charge in [0.15, 0.2) is 0 Å². The minimum absolute atomic E-state index is 0.282. The maximum Gasteiger partial charge on any atom is 0.287 e. The maximum atomic E-state index is 10.6. The second-order valence-electron chi connectivity index (χ2n) is 4.33. The van der Waals surface area contributed by atoms with Crippen molar-refractivity contribution >= 4 is 56.9 Å². The van der Waals surface area contributed by atoms with Crippen LogP contribution in [0.1, 0.15) is 15.9 Å². The van der Waals surface area contributed by atoms with Gasteiger partial charge in [-0.3, -0.25) is 9.35 Å². The summed E-state index contributed by atoms with van der Waals surface area (Å²) in [7, 11) is -4.08. The van der Waals surface area contributed by atoms with Gasteiger partial charge < -0.3 is 5.73 Å². The molecule has 0 unspecified atom stereocenters. The van der Waals surface area contributed by atoms with Crippen LogP contribution >= 0.6 is 34.8 Å². The van der Waals surface area contributed by atoms with Gasteiger partial charge in [0.25, 0.3) is 10.1 Å². The molecule has 0 radical (unpaired) electrons. The fraction of sp³-hybridized carbons (Fsp3) is 0. The number of hydrogen-bond donors (Lipinski definition) is 2. The van der Waals surface area contributed by atoms with Crippen molar-refractivity contribution in [2.45, 2.75) is 0 Å². The van der Waals surface area contributed by atoms with E-state index < -0.39 is 16.0 Å². The van der Waals surface area contributed by atoms with E-state index in [4.69, 9.17) is 45.1 Å². The van der Waals surface area contributed by atoms with Crippen LogP contribution in [-0.2, 0) is 10.1 Å². The molecule has 5 nitrogen and oxygen atoms in total. The van der Waals surface area contributed by atoms with E-state index in [9.17, 15) is 13.2 Å². The number of halogens is 3. The van der Waals surface area contributed by atoms with Crippen molar-refractivity contribution in [2.24, 2.45) is 5.73 Å². The lowest BCUT2D eigenvalue weighted by Crippen LogP contribution is -2.11. The summed E-state index contributed by atoms with van der Waals surface area (Å²) in [4.78, 5) is 10.6. The molecule has 2 aromatic carbocycles. The summed E-state index contributed by atoms with van der Waals surface area (Å²) in [6.45, 7) is 0. The average molecular weight is 409 g/mol. The molecule has 0 aromatic heterocycles. The summed E-state index contributed by atoms with van der Waals surface area (Å²) in [6.07, 6.45) is 1.23. The van der Waals surface area contributed by atoms with Gasteiger partial charge in [-0.05, 0) is 35.9 Å². The Hall–Kier alpha value is -1.57. The molecular weight excluding hydrogens is 397 g/mol. The highest BCUT2D eigenvalue weighted by Crippen LogP contribution is 2.20. The third-order valence-electron chi connectivity index (χ3n) is 2.52. The van der Waals surface area contributed by atoms with E-state index in [0.29, 0.717) is 21.0 Å².